The average molecular weight is 348 g/mol. The highest BCUT2D eigenvalue weighted by molar-refractivity contribution is 9.09. The van der Waals surface area contributed by atoms with E-state index in [-0.39, 0.29) is 5.91 Å². The highest BCUT2D eigenvalue weighted by Crippen LogP contribution is 2.19. The molecule has 21 heavy (non-hydrogen) atoms. The number of benzene rings is 2. The Morgan fingerprint density at radius 1 is 1.19 bits per heavy atom. The molecule has 2 rings (SSSR count). The van der Waals surface area contributed by atoms with Crippen molar-refractivity contribution < 1.29 is 4.79 Å². The molecule has 3 heteroatoms. The van der Waals surface area contributed by atoms with Crippen LogP contribution in [0.3, 0.4) is 0 Å². The van der Waals surface area contributed by atoms with Gasteiger partial charge in [0.1, 0.15) is 0 Å². The topological polar surface area (TPSA) is 29.1 Å². The Balaban J connectivity index is 1.98. The molecule has 1 N–H and O–H groups in total. The second-order valence-electron chi connectivity index (χ2n) is 5.37. The molecular weight excluding hydrogens is 326 g/mol. The fourth-order valence-corrected chi connectivity index (χ4v) is 3.19. The summed E-state index contributed by atoms with van der Waals surface area (Å²) in [5, 5.41) is 6.42. The first-order chi connectivity index (χ1) is 10.2. The van der Waals surface area contributed by atoms with Gasteiger partial charge in [0.05, 0.1) is 6.42 Å². The van der Waals surface area contributed by atoms with Crippen molar-refractivity contribution in [2.45, 2.75) is 26.2 Å². The van der Waals surface area contributed by atoms with Gasteiger partial charge in [-0.15, -0.1) is 0 Å². The fourth-order valence-electron chi connectivity index (χ4n) is 2.55. The molecule has 0 radical (unpaired) electrons. The van der Waals surface area contributed by atoms with E-state index >= 15 is 0 Å². The van der Waals surface area contributed by atoms with Gasteiger partial charge in [0.15, 0.2) is 0 Å². The summed E-state index contributed by atoms with van der Waals surface area (Å²) in [7, 11) is 0. The smallest absolute Gasteiger partial charge is 0.224 e. The first kappa shape index (κ1) is 16.0. The fraction of sp³-hybridized carbons (Fsp3) is 0.389. The first-order valence-electron chi connectivity index (χ1n) is 7.54. The predicted molar refractivity (Wildman–Crippen MR) is 92.9 cm³/mol. The number of nitrogens with one attached hydrogen (secondary N) is 1. The van der Waals surface area contributed by atoms with E-state index in [0.717, 1.165) is 30.3 Å². The Hall–Kier alpha value is -1.35. The summed E-state index contributed by atoms with van der Waals surface area (Å²) in [5.74, 6) is 0.667. The van der Waals surface area contributed by atoms with Crippen LogP contribution in [0.25, 0.3) is 10.8 Å². The molecule has 1 atom stereocenters. The quantitative estimate of drug-likeness (QED) is 0.743. The number of hydrogen-bond acceptors (Lipinski definition) is 1. The van der Waals surface area contributed by atoms with Crippen LogP contribution >= 0.6 is 15.9 Å². The zero-order valence-corrected chi connectivity index (χ0v) is 14.0. The van der Waals surface area contributed by atoms with Crippen LogP contribution in [0.2, 0.25) is 0 Å². The number of rotatable bonds is 7. The van der Waals surface area contributed by atoms with Crippen molar-refractivity contribution in [2.75, 3.05) is 11.9 Å². The second-order valence-corrected chi connectivity index (χ2v) is 6.16. The van der Waals surface area contributed by atoms with Crippen molar-refractivity contribution >= 4 is 32.6 Å². The zero-order chi connectivity index (χ0) is 15.1. The van der Waals surface area contributed by atoms with Crippen molar-refractivity contribution in [3.8, 4) is 0 Å². The van der Waals surface area contributed by atoms with E-state index in [1.165, 1.54) is 10.8 Å². The van der Waals surface area contributed by atoms with Crippen LogP contribution in [0, 0.1) is 5.92 Å². The van der Waals surface area contributed by atoms with E-state index in [9.17, 15) is 4.79 Å². The molecule has 2 aromatic rings. The Morgan fingerprint density at radius 3 is 2.71 bits per heavy atom. The van der Waals surface area contributed by atoms with Crippen molar-refractivity contribution in [3.05, 3.63) is 48.0 Å². The molecular formula is C18H22BrNO. The van der Waals surface area contributed by atoms with Crippen molar-refractivity contribution in [3.63, 3.8) is 0 Å². The Morgan fingerprint density at radius 2 is 1.95 bits per heavy atom. The van der Waals surface area contributed by atoms with Gasteiger partial charge in [-0.25, -0.2) is 0 Å². The molecule has 0 bridgehead atoms. The molecule has 2 nitrogen and oxygen atoms in total. The summed E-state index contributed by atoms with van der Waals surface area (Å²) in [6.07, 6.45) is 2.65. The molecule has 0 fully saturated rings. The third kappa shape index (κ3) is 4.57. The van der Waals surface area contributed by atoms with Gasteiger partial charge in [0, 0.05) is 11.9 Å². The van der Waals surface area contributed by atoms with Gasteiger partial charge in [0.2, 0.25) is 5.91 Å². The van der Waals surface area contributed by atoms with Gasteiger partial charge in [-0.2, -0.15) is 0 Å². The van der Waals surface area contributed by atoms with Gasteiger partial charge in [-0.05, 0) is 28.7 Å². The SMILES string of the molecule is CCC(CCBr)CNC(=O)Cc1cccc2ccccc12. The molecule has 0 aromatic heterocycles. The standard InChI is InChI=1S/C18H22BrNO/c1-2-14(10-11-19)13-20-18(21)12-16-8-5-7-15-6-3-4-9-17(15)16/h3-9,14H,2,10-13H2,1H3,(H,20,21). The molecule has 0 spiro atoms. The lowest BCUT2D eigenvalue weighted by Gasteiger charge is -2.14. The number of carbonyl (C=O) groups excluding carboxylic acids is 1. The minimum Gasteiger partial charge on any atom is -0.356 e. The number of fused-ring (bicyclic) bond motifs is 1. The average Bonchev–Trinajstić information content (AvgIpc) is 2.52. The molecule has 2 aromatic carbocycles. The first-order valence-corrected chi connectivity index (χ1v) is 8.66. The number of alkyl halides is 1. The van der Waals surface area contributed by atoms with Crippen molar-refractivity contribution in [1.29, 1.82) is 0 Å². The van der Waals surface area contributed by atoms with Gasteiger partial charge < -0.3 is 5.32 Å². The third-order valence-electron chi connectivity index (χ3n) is 3.91. The summed E-state index contributed by atoms with van der Waals surface area (Å²) >= 11 is 3.47. The maximum Gasteiger partial charge on any atom is 0.224 e. The van der Waals surface area contributed by atoms with Crippen LogP contribution in [-0.4, -0.2) is 17.8 Å². The van der Waals surface area contributed by atoms with Crippen LogP contribution in [0.4, 0.5) is 0 Å². The summed E-state index contributed by atoms with van der Waals surface area (Å²) in [4.78, 5) is 12.2. The number of carbonyl (C=O) groups is 1. The van der Waals surface area contributed by atoms with Gasteiger partial charge in [-0.3, -0.25) is 4.79 Å². The van der Waals surface area contributed by atoms with Crippen LogP contribution in [0.5, 0.6) is 0 Å². The molecule has 0 aliphatic carbocycles. The van der Waals surface area contributed by atoms with Crippen LogP contribution < -0.4 is 5.32 Å². The summed E-state index contributed by atoms with van der Waals surface area (Å²) in [5.41, 5.74) is 1.10. The van der Waals surface area contributed by atoms with Gasteiger partial charge >= 0.3 is 0 Å². The normalized spacial score (nSPS) is 12.3. The molecule has 112 valence electrons. The van der Waals surface area contributed by atoms with Crippen LogP contribution in [-0.2, 0) is 11.2 Å². The van der Waals surface area contributed by atoms with E-state index in [0.29, 0.717) is 12.3 Å². The van der Waals surface area contributed by atoms with E-state index in [2.05, 4.69) is 46.4 Å². The zero-order valence-electron chi connectivity index (χ0n) is 12.4. The van der Waals surface area contributed by atoms with Crippen LogP contribution in [0.1, 0.15) is 25.3 Å². The maximum atomic E-state index is 12.2. The van der Waals surface area contributed by atoms with Crippen LogP contribution in [0.15, 0.2) is 42.5 Å². The molecule has 0 saturated heterocycles. The third-order valence-corrected chi connectivity index (χ3v) is 4.37. The van der Waals surface area contributed by atoms with E-state index in [1.54, 1.807) is 0 Å². The van der Waals surface area contributed by atoms with Crippen molar-refractivity contribution in [1.82, 2.24) is 5.32 Å². The lowest BCUT2D eigenvalue weighted by Crippen LogP contribution is -2.30. The Kier molecular flexibility index (Phi) is 6.24. The largest absolute Gasteiger partial charge is 0.356 e. The second kappa shape index (κ2) is 8.18. The highest BCUT2D eigenvalue weighted by atomic mass is 79.9. The number of hydrogen-bond donors (Lipinski definition) is 1. The predicted octanol–water partition coefficient (Wildman–Crippen LogP) is 4.31. The minimum atomic E-state index is 0.111. The van der Waals surface area contributed by atoms with E-state index in [1.807, 2.05) is 24.3 Å². The monoisotopic (exact) mass is 347 g/mol. The van der Waals surface area contributed by atoms with E-state index in [4.69, 9.17) is 0 Å². The molecule has 0 aliphatic heterocycles. The van der Waals surface area contributed by atoms with E-state index < -0.39 is 0 Å². The molecule has 1 unspecified atom stereocenters. The Bertz CT molecular complexity index is 591. The van der Waals surface area contributed by atoms with Gasteiger partial charge in [-0.1, -0.05) is 71.7 Å². The minimum absolute atomic E-state index is 0.111. The molecule has 1 amide bonds. The number of halogens is 1. The maximum absolute atomic E-state index is 12.2. The lowest BCUT2D eigenvalue weighted by molar-refractivity contribution is -0.120. The number of amides is 1. The van der Waals surface area contributed by atoms with Crippen molar-refractivity contribution in [2.24, 2.45) is 5.92 Å². The Labute approximate surface area is 135 Å². The molecule has 0 saturated carbocycles. The molecule has 0 aliphatic rings. The molecule has 0 heterocycles. The summed E-state index contributed by atoms with van der Waals surface area (Å²) < 4.78 is 0. The summed E-state index contributed by atoms with van der Waals surface area (Å²) in [6.45, 7) is 2.94. The summed E-state index contributed by atoms with van der Waals surface area (Å²) in [6, 6.07) is 14.4. The lowest BCUT2D eigenvalue weighted by atomic mass is 10.0. The highest BCUT2D eigenvalue weighted by Gasteiger charge is 2.10. The van der Waals surface area contributed by atoms with Gasteiger partial charge in [0.25, 0.3) is 0 Å².